The third kappa shape index (κ3) is 3.41. The van der Waals surface area contributed by atoms with Gasteiger partial charge in [-0.1, -0.05) is 12.1 Å². The third-order valence-corrected chi connectivity index (χ3v) is 5.11. The van der Waals surface area contributed by atoms with Gasteiger partial charge in [-0.25, -0.2) is 12.8 Å². The molecule has 126 valence electrons. The summed E-state index contributed by atoms with van der Waals surface area (Å²) in [4.78, 5) is 13.6. The fourth-order valence-electron chi connectivity index (χ4n) is 2.86. The quantitative estimate of drug-likeness (QED) is 0.903. The number of rotatable bonds is 5. The Bertz CT molecular complexity index is 896. The summed E-state index contributed by atoms with van der Waals surface area (Å²) in [6, 6.07) is 10.5. The smallest absolute Gasteiger partial charge is 0.236 e. The Kier molecular flexibility index (Phi) is 4.28. The number of likely N-dealkylation sites (N-methyl/N-ethyl adjacent to an activating group) is 1. The number of hydrogen-bond donors (Lipinski definition) is 1. The first-order chi connectivity index (χ1) is 11.4. The third-order valence-electron chi connectivity index (χ3n) is 3.85. The highest BCUT2D eigenvalue weighted by atomic mass is 32.2. The van der Waals surface area contributed by atoms with Crippen LogP contribution in [0.2, 0.25) is 0 Å². The molecule has 3 rings (SSSR count). The van der Waals surface area contributed by atoms with E-state index in [0.29, 0.717) is 17.8 Å². The van der Waals surface area contributed by atoms with Gasteiger partial charge in [-0.3, -0.25) is 9.52 Å². The van der Waals surface area contributed by atoms with E-state index in [1.54, 1.807) is 29.2 Å². The summed E-state index contributed by atoms with van der Waals surface area (Å²) in [6.07, 6.45) is 0.267. The molecule has 0 atom stereocenters. The van der Waals surface area contributed by atoms with E-state index in [-0.39, 0.29) is 18.1 Å². The summed E-state index contributed by atoms with van der Waals surface area (Å²) in [7, 11) is -3.67. The molecule has 0 radical (unpaired) electrons. The van der Waals surface area contributed by atoms with Crippen molar-refractivity contribution in [2.24, 2.45) is 0 Å². The van der Waals surface area contributed by atoms with E-state index in [2.05, 4.69) is 4.72 Å². The van der Waals surface area contributed by atoms with Gasteiger partial charge in [0.25, 0.3) is 0 Å². The molecule has 0 fully saturated rings. The molecule has 2 aromatic rings. The maximum atomic E-state index is 13.2. The van der Waals surface area contributed by atoms with Gasteiger partial charge in [0.1, 0.15) is 5.82 Å². The van der Waals surface area contributed by atoms with Gasteiger partial charge >= 0.3 is 0 Å². The topological polar surface area (TPSA) is 66.5 Å². The predicted octanol–water partition coefficient (Wildman–Crippen LogP) is 2.68. The SMILES string of the molecule is CCN1C(=O)Cc2cc(NS(=O)(=O)Cc3cccc(F)c3)ccc21. The van der Waals surface area contributed by atoms with Crippen LogP contribution in [-0.4, -0.2) is 20.9 Å². The lowest BCUT2D eigenvalue weighted by atomic mass is 10.1. The molecular formula is C17H17FN2O3S. The van der Waals surface area contributed by atoms with E-state index in [1.807, 2.05) is 6.92 Å². The van der Waals surface area contributed by atoms with Crippen molar-refractivity contribution in [3.8, 4) is 0 Å². The molecule has 24 heavy (non-hydrogen) atoms. The van der Waals surface area contributed by atoms with Crippen LogP contribution in [0.3, 0.4) is 0 Å². The molecule has 0 unspecified atom stereocenters. The van der Waals surface area contributed by atoms with Crippen molar-refractivity contribution in [3.63, 3.8) is 0 Å². The van der Waals surface area contributed by atoms with Crippen LogP contribution in [0.15, 0.2) is 42.5 Å². The van der Waals surface area contributed by atoms with Crippen LogP contribution in [0.1, 0.15) is 18.1 Å². The van der Waals surface area contributed by atoms with Gasteiger partial charge in [-0.05, 0) is 48.4 Å². The van der Waals surface area contributed by atoms with Gasteiger partial charge in [0.2, 0.25) is 15.9 Å². The lowest BCUT2D eigenvalue weighted by molar-refractivity contribution is -0.117. The molecule has 1 N–H and O–H groups in total. The number of hydrogen-bond acceptors (Lipinski definition) is 3. The second-order valence-corrected chi connectivity index (χ2v) is 7.37. The standard InChI is InChI=1S/C17H17FN2O3S/c1-2-20-16-7-6-15(9-13(16)10-17(20)21)19-24(22,23)11-12-4-3-5-14(18)8-12/h3-9,19H,2,10-11H2,1H3. The summed E-state index contributed by atoms with van der Waals surface area (Å²) < 4.78 is 40.2. The first-order valence-electron chi connectivity index (χ1n) is 7.56. The highest BCUT2D eigenvalue weighted by molar-refractivity contribution is 7.91. The number of nitrogens with zero attached hydrogens (tertiary/aromatic N) is 1. The number of nitrogens with one attached hydrogen (secondary N) is 1. The normalized spacial score (nSPS) is 13.9. The number of carbonyl (C=O) groups is 1. The molecule has 0 aromatic heterocycles. The number of amides is 1. The van der Waals surface area contributed by atoms with E-state index in [1.165, 1.54) is 18.2 Å². The summed E-state index contributed by atoms with van der Waals surface area (Å²) in [5.41, 5.74) is 2.38. The second-order valence-electron chi connectivity index (χ2n) is 5.65. The van der Waals surface area contributed by atoms with Gasteiger partial charge in [0.15, 0.2) is 0 Å². The minimum atomic E-state index is -3.67. The van der Waals surface area contributed by atoms with E-state index in [4.69, 9.17) is 0 Å². The van der Waals surface area contributed by atoms with E-state index < -0.39 is 15.8 Å². The highest BCUT2D eigenvalue weighted by Gasteiger charge is 2.26. The molecule has 0 saturated carbocycles. The molecule has 7 heteroatoms. The van der Waals surface area contributed by atoms with Crippen LogP contribution >= 0.6 is 0 Å². The summed E-state index contributed by atoms with van der Waals surface area (Å²) >= 11 is 0. The number of benzene rings is 2. The van der Waals surface area contributed by atoms with E-state index in [0.717, 1.165) is 11.3 Å². The van der Waals surface area contributed by atoms with Crippen molar-refractivity contribution in [2.45, 2.75) is 19.1 Å². The van der Waals surface area contributed by atoms with Crippen molar-refractivity contribution >= 4 is 27.3 Å². The average Bonchev–Trinajstić information content (AvgIpc) is 2.80. The lowest BCUT2D eigenvalue weighted by Gasteiger charge is -2.15. The average molecular weight is 348 g/mol. The monoisotopic (exact) mass is 348 g/mol. The zero-order valence-corrected chi connectivity index (χ0v) is 13.9. The summed E-state index contributed by atoms with van der Waals surface area (Å²) in [6.45, 7) is 2.47. The second kappa shape index (κ2) is 6.24. The molecule has 0 saturated heterocycles. The van der Waals surface area contributed by atoms with Crippen LogP contribution in [0, 0.1) is 5.82 Å². The van der Waals surface area contributed by atoms with Gasteiger partial charge in [-0.2, -0.15) is 0 Å². The first kappa shape index (κ1) is 16.4. The summed E-state index contributed by atoms with van der Waals surface area (Å²) in [5, 5.41) is 0. The van der Waals surface area contributed by atoms with Crippen molar-refractivity contribution in [1.29, 1.82) is 0 Å². The largest absolute Gasteiger partial charge is 0.312 e. The number of carbonyl (C=O) groups excluding carboxylic acids is 1. The fraction of sp³-hybridized carbons (Fsp3) is 0.235. The minimum absolute atomic E-state index is 0.00673. The first-order valence-corrected chi connectivity index (χ1v) is 9.21. The zero-order chi connectivity index (χ0) is 17.3. The number of anilines is 2. The van der Waals surface area contributed by atoms with Crippen molar-refractivity contribution < 1.29 is 17.6 Å². The van der Waals surface area contributed by atoms with Crippen LogP contribution in [-0.2, 0) is 27.0 Å². The Morgan fingerprint density at radius 3 is 2.71 bits per heavy atom. The molecule has 1 aliphatic rings. The van der Waals surface area contributed by atoms with Crippen LogP contribution < -0.4 is 9.62 Å². The Morgan fingerprint density at radius 2 is 2.00 bits per heavy atom. The van der Waals surface area contributed by atoms with Gasteiger partial charge < -0.3 is 4.90 Å². The molecule has 5 nitrogen and oxygen atoms in total. The molecule has 2 aromatic carbocycles. The molecule has 0 spiro atoms. The van der Waals surface area contributed by atoms with Gasteiger partial charge in [0.05, 0.1) is 12.2 Å². The van der Waals surface area contributed by atoms with Gasteiger partial charge in [0, 0.05) is 17.9 Å². The Labute approximate surface area is 140 Å². The zero-order valence-electron chi connectivity index (χ0n) is 13.1. The highest BCUT2D eigenvalue weighted by Crippen LogP contribution is 2.31. The van der Waals surface area contributed by atoms with Crippen molar-refractivity contribution in [3.05, 3.63) is 59.4 Å². The maximum absolute atomic E-state index is 13.2. The Balaban J connectivity index is 1.79. The van der Waals surface area contributed by atoms with Gasteiger partial charge in [-0.15, -0.1) is 0 Å². The van der Waals surface area contributed by atoms with Crippen molar-refractivity contribution in [1.82, 2.24) is 0 Å². The lowest BCUT2D eigenvalue weighted by Crippen LogP contribution is -2.25. The van der Waals surface area contributed by atoms with Crippen molar-refractivity contribution in [2.75, 3.05) is 16.2 Å². The summed E-state index contributed by atoms with van der Waals surface area (Å²) in [5.74, 6) is -0.785. The van der Waals surface area contributed by atoms with E-state index >= 15 is 0 Å². The maximum Gasteiger partial charge on any atom is 0.236 e. The Morgan fingerprint density at radius 1 is 1.21 bits per heavy atom. The predicted molar refractivity (Wildman–Crippen MR) is 90.8 cm³/mol. The van der Waals surface area contributed by atoms with Crippen LogP contribution in [0.25, 0.3) is 0 Å². The minimum Gasteiger partial charge on any atom is -0.312 e. The fourth-order valence-corrected chi connectivity index (χ4v) is 4.03. The number of fused-ring (bicyclic) bond motifs is 1. The van der Waals surface area contributed by atoms with Crippen LogP contribution in [0.4, 0.5) is 15.8 Å². The van der Waals surface area contributed by atoms with E-state index in [9.17, 15) is 17.6 Å². The molecule has 1 aliphatic heterocycles. The molecule has 0 aliphatic carbocycles. The number of sulfonamides is 1. The molecule has 1 amide bonds. The molecule has 0 bridgehead atoms. The molecular weight excluding hydrogens is 331 g/mol. The molecule has 1 heterocycles. The van der Waals surface area contributed by atoms with Crippen LogP contribution in [0.5, 0.6) is 0 Å². The number of halogens is 1. The Hall–Kier alpha value is -2.41.